The summed E-state index contributed by atoms with van der Waals surface area (Å²) in [7, 11) is 0.295. The molecule has 0 spiro atoms. The number of hydrogen-bond acceptors (Lipinski definition) is 5. The predicted octanol–water partition coefficient (Wildman–Crippen LogP) is 5.76. The topological polar surface area (TPSA) is 73.0 Å². The molecule has 3 aromatic rings. The number of rotatable bonds is 10. The smallest absolute Gasteiger partial charge is 0.242 e. The van der Waals surface area contributed by atoms with Gasteiger partial charge >= 0.3 is 0 Å². The predicted molar refractivity (Wildman–Crippen MR) is 161 cm³/mol. The molecule has 0 aliphatic carbocycles. The number of carbonyl (C=O) groups is 1. The van der Waals surface area contributed by atoms with E-state index < -0.39 is 10.0 Å². The third kappa shape index (κ3) is 7.66. The number of likely N-dealkylation sites (N-methyl/N-ethyl adjacent to an activating group) is 2. The number of hydrogen-bond donors (Lipinski definition) is 1. The largest absolute Gasteiger partial charge is 0.365 e. The molecule has 1 aliphatic rings. The van der Waals surface area contributed by atoms with Crippen molar-refractivity contribution >= 4 is 50.5 Å². The molecule has 0 aromatic heterocycles. The number of sulfonamides is 1. The zero-order valence-corrected chi connectivity index (χ0v) is 24.7. The van der Waals surface area contributed by atoms with E-state index in [4.69, 9.17) is 23.2 Å². The van der Waals surface area contributed by atoms with Gasteiger partial charge in [0.05, 0.1) is 34.6 Å². The molecule has 0 radical (unpaired) electrons. The maximum absolute atomic E-state index is 13.5. The van der Waals surface area contributed by atoms with E-state index in [1.165, 1.54) is 0 Å². The molecule has 7 nitrogen and oxygen atoms in total. The number of anilines is 2. The normalized spacial score (nSPS) is 14.7. The van der Waals surface area contributed by atoms with E-state index in [0.29, 0.717) is 15.7 Å². The van der Waals surface area contributed by atoms with Crippen molar-refractivity contribution in [3.05, 3.63) is 82.3 Å². The van der Waals surface area contributed by atoms with Gasteiger partial charge in [-0.15, -0.1) is 0 Å². The highest BCUT2D eigenvalue weighted by atomic mass is 35.5. The summed E-state index contributed by atoms with van der Waals surface area (Å²) in [5, 5.41) is 0.920. The number of nitrogens with zero attached hydrogens (tertiary/aromatic N) is 3. The second-order valence-electron chi connectivity index (χ2n) is 10.0. The Labute approximate surface area is 241 Å². The number of amides is 1. The SMILES string of the molecule is CN(CC(=O)N(C)C(CN1CCCC1)c1ccc(-c2ccccc2NS(C)(=O)=O)cc1)c1ccc(Cl)c(Cl)c1. The number of benzene rings is 3. The lowest BCUT2D eigenvalue weighted by Crippen LogP contribution is -2.42. The number of nitrogens with one attached hydrogen (secondary N) is 1. The maximum atomic E-state index is 13.5. The maximum Gasteiger partial charge on any atom is 0.242 e. The van der Waals surface area contributed by atoms with Crippen molar-refractivity contribution in [1.29, 1.82) is 0 Å². The highest BCUT2D eigenvalue weighted by Crippen LogP contribution is 2.31. The second-order valence-corrected chi connectivity index (χ2v) is 12.6. The van der Waals surface area contributed by atoms with Crippen LogP contribution in [0, 0.1) is 0 Å². The van der Waals surface area contributed by atoms with Crippen molar-refractivity contribution in [1.82, 2.24) is 9.80 Å². The third-order valence-corrected chi connectivity index (χ3v) is 8.37. The Bertz CT molecular complexity index is 1410. The van der Waals surface area contributed by atoms with Crippen LogP contribution in [0.4, 0.5) is 11.4 Å². The molecule has 1 N–H and O–H groups in total. The van der Waals surface area contributed by atoms with Gasteiger partial charge in [0.2, 0.25) is 15.9 Å². The molecule has 1 amide bonds. The lowest BCUT2D eigenvalue weighted by Gasteiger charge is -2.33. The molecule has 4 rings (SSSR count). The Kier molecular flexibility index (Phi) is 9.43. The second kappa shape index (κ2) is 12.6. The van der Waals surface area contributed by atoms with E-state index in [2.05, 4.69) is 9.62 Å². The van der Waals surface area contributed by atoms with Gasteiger partial charge in [-0.3, -0.25) is 9.52 Å². The van der Waals surface area contributed by atoms with E-state index in [1.54, 1.807) is 24.3 Å². The summed E-state index contributed by atoms with van der Waals surface area (Å²) >= 11 is 12.2. The van der Waals surface area contributed by atoms with Crippen LogP contribution in [0.1, 0.15) is 24.4 Å². The highest BCUT2D eigenvalue weighted by Gasteiger charge is 2.26. The third-order valence-electron chi connectivity index (χ3n) is 7.04. The van der Waals surface area contributed by atoms with Crippen LogP contribution in [0.15, 0.2) is 66.7 Å². The zero-order chi connectivity index (χ0) is 28.2. The summed E-state index contributed by atoms with van der Waals surface area (Å²) in [6.07, 6.45) is 3.46. The van der Waals surface area contributed by atoms with Gasteiger partial charge in [-0.05, 0) is 61.3 Å². The average Bonchev–Trinajstić information content (AvgIpc) is 3.41. The first-order valence-electron chi connectivity index (χ1n) is 12.8. The van der Waals surface area contributed by atoms with E-state index >= 15 is 0 Å². The Morgan fingerprint density at radius 2 is 1.64 bits per heavy atom. The lowest BCUT2D eigenvalue weighted by molar-refractivity contribution is -0.131. The molecular weight excluding hydrogens is 555 g/mol. The summed E-state index contributed by atoms with van der Waals surface area (Å²) in [5.74, 6) is -0.0143. The minimum Gasteiger partial charge on any atom is -0.365 e. The van der Waals surface area contributed by atoms with Crippen LogP contribution in [0.5, 0.6) is 0 Å². The van der Waals surface area contributed by atoms with E-state index in [1.807, 2.05) is 66.4 Å². The molecule has 0 saturated carbocycles. The van der Waals surface area contributed by atoms with Crippen molar-refractivity contribution < 1.29 is 13.2 Å². The molecule has 1 atom stereocenters. The molecule has 1 unspecified atom stereocenters. The average molecular weight is 590 g/mol. The Morgan fingerprint density at radius 3 is 2.28 bits per heavy atom. The van der Waals surface area contributed by atoms with E-state index in [9.17, 15) is 13.2 Å². The van der Waals surface area contributed by atoms with Crippen LogP contribution >= 0.6 is 23.2 Å². The Morgan fingerprint density at radius 1 is 0.974 bits per heavy atom. The molecule has 1 aliphatic heterocycles. The number of carbonyl (C=O) groups excluding carboxylic acids is 1. The first-order valence-corrected chi connectivity index (χ1v) is 15.5. The van der Waals surface area contributed by atoms with E-state index in [0.717, 1.165) is 61.1 Å². The van der Waals surface area contributed by atoms with Crippen molar-refractivity contribution in [2.24, 2.45) is 0 Å². The summed E-state index contributed by atoms with van der Waals surface area (Å²) in [6, 6.07) is 20.5. The summed E-state index contributed by atoms with van der Waals surface area (Å²) < 4.78 is 26.3. The number of likely N-dealkylation sites (tertiary alicyclic amines) is 1. The molecule has 208 valence electrons. The molecule has 0 bridgehead atoms. The first-order chi connectivity index (χ1) is 18.5. The molecular formula is C29H34Cl2N4O3S. The molecule has 39 heavy (non-hydrogen) atoms. The van der Waals surface area contributed by atoms with Gasteiger partial charge < -0.3 is 14.7 Å². The van der Waals surface area contributed by atoms with Gasteiger partial charge in [-0.2, -0.15) is 0 Å². The molecule has 1 heterocycles. The van der Waals surface area contributed by atoms with E-state index in [-0.39, 0.29) is 18.5 Å². The van der Waals surface area contributed by atoms with Crippen LogP contribution in [0.3, 0.4) is 0 Å². The van der Waals surface area contributed by atoms with Crippen molar-refractivity contribution in [2.45, 2.75) is 18.9 Å². The van der Waals surface area contributed by atoms with Gasteiger partial charge in [-0.25, -0.2) is 8.42 Å². The van der Waals surface area contributed by atoms with Crippen molar-refractivity contribution in [3.8, 4) is 11.1 Å². The van der Waals surface area contributed by atoms with Crippen LogP contribution in [0.25, 0.3) is 11.1 Å². The zero-order valence-electron chi connectivity index (χ0n) is 22.4. The molecule has 1 saturated heterocycles. The fraction of sp³-hybridized carbons (Fsp3) is 0.345. The van der Waals surface area contributed by atoms with Crippen LogP contribution in [-0.2, 0) is 14.8 Å². The van der Waals surface area contributed by atoms with Gasteiger partial charge in [0, 0.05) is 31.9 Å². The fourth-order valence-corrected chi connectivity index (χ4v) is 5.74. The van der Waals surface area contributed by atoms with Crippen molar-refractivity contribution in [3.63, 3.8) is 0 Å². The van der Waals surface area contributed by atoms with Crippen LogP contribution in [-0.4, -0.2) is 70.7 Å². The Hall–Kier alpha value is -2.78. The minimum absolute atomic E-state index is 0.0143. The molecule has 3 aromatic carbocycles. The van der Waals surface area contributed by atoms with Crippen LogP contribution in [0.2, 0.25) is 10.0 Å². The highest BCUT2D eigenvalue weighted by molar-refractivity contribution is 7.92. The standard InChI is InChI=1S/C29H34Cl2N4O3S/c1-33(23-14-15-25(30)26(31)18-23)20-29(36)34(2)28(19-35-16-6-7-17-35)22-12-10-21(11-13-22)24-8-4-5-9-27(24)32-39(3,37)38/h4-5,8-15,18,28,32H,6-7,16-17,19-20H2,1-3H3. The summed E-state index contributed by atoms with van der Waals surface area (Å²) in [4.78, 5) is 19.6. The quantitative estimate of drug-likeness (QED) is 0.326. The molecule has 1 fully saturated rings. The van der Waals surface area contributed by atoms with Gasteiger partial charge in [0.15, 0.2) is 0 Å². The molecule has 10 heteroatoms. The number of para-hydroxylation sites is 1. The minimum atomic E-state index is -3.42. The first kappa shape index (κ1) is 29.2. The Balaban J connectivity index is 1.56. The summed E-state index contributed by atoms with van der Waals surface area (Å²) in [6.45, 7) is 2.96. The monoisotopic (exact) mass is 588 g/mol. The van der Waals surface area contributed by atoms with Gasteiger partial charge in [0.25, 0.3) is 0 Å². The van der Waals surface area contributed by atoms with Crippen LogP contribution < -0.4 is 9.62 Å². The number of halogens is 2. The lowest BCUT2D eigenvalue weighted by atomic mass is 9.98. The van der Waals surface area contributed by atoms with Crippen molar-refractivity contribution in [2.75, 3.05) is 56.2 Å². The van der Waals surface area contributed by atoms with Gasteiger partial charge in [0.1, 0.15) is 0 Å². The fourth-order valence-electron chi connectivity index (χ4n) is 4.87. The summed E-state index contributed by atoms with van der Waals surface area (Å²) in [5.41, 5.74) is 4.04. The van der Waals surface area contributed by atoms with Gasteiger partial charge in [-0.1, -0.05) is 65.7 Å².